The van der Waals surface area contributed by atoms with E-state index in [9.17, 15) is 14.0 Å². The topological polar surface area (TPSA) is 80.3 Å². The van der Waals surface area contributed by atoms with Gasteiger partial charge in [0.1, 0.15) is 16.5 Å². The number of thiazole rings is 1. The molecule has 28 heavy (non-hydrogen) atoms. The number of benzene rings is 2. The zero-order chi connectivity index (χ0) is 20.1. The van der Waals surface area contributed by atoms with E-state index in [0.29, 0.717) is 16.3 Å². The van der Waals surface area contributed by atoms with Crippen molar-refractivity contribution < 1.29 is 18.7 Å². The molecule has 3 aromatic rings. The summed E-state index contributed by atoms with van der Waals surface area (Å²) in [4.78, 5) is 28.6. The third kappa shape index (κ3) is 4.47. The quantitative estimate of drug-likeness (QED) is 0.578. The van der Waals surface area contributed by atoms with Crippen LogP contribution in [0.4, 0.5) is 19.3 Å². The predicted molar refractivity (Wildman–Crippen MR) is 108 cm³/mol. The van der Waals surface area contributed by atoms with Gasteiger partial charge < -0.3 is 10.1 Å². The van der Waals surface area contributed by atoms with Crippen molar-refractivity contribution in [2.24, 2.45) is 0 Å². The van der Waals surface area contributed by atoms with Gasteiger partial charge in [-0.05, 0) is 19.1 Å². The second kappa shape index (κ2) is 8.81. The number of hydrogen-bond donors (Lipinski definition) is 2. The van der Waals surface area contributed by atoms with Gasteiger partial charge in [-0.15, -0.1) is 0 Å². The molecule has 0 saturated carbocycles. The summed E-state index contributed by atoms with van der Waals surface area (Å²) in [6.45, 7) is 1.89. The summed E-state index contributed by atoms with van der Waals surface area (Å²) in [6, 6.07) is 13.1. The smallest absolute Gasteiger partial charge is 0.413 e. The molecular weight excluding hydrogens is 405 g/mol. The van der Waals surface area contributed by atoms with Crippen LogP contribution in [-0.4, -0.2) is 23.6 Å². The summed E-state index contributed by atoms with van der Waals surface area (Å²) < 4.78 is 18.9. The van der Waals surface area contributed by atoms with Gasteiger partial charge in [-0.25, -0.2) is 14.2 Å². The minimum Gasteiger partial charge on any atom is -0.450 e. The number of nitrogens with zero attached hydrogens (tertiary/aromatic N) is 1. The highest BCUT2D eigenvalue weighted by Crippen LogP contribution is 2.36. The van der Waals surface area contributed by atoms with E-state index in [0.717, 1.165) is 17.4 Å². The number of anilines is 2. The molecule has 0 aliphatic rings. The van der Waals surface area contributed by atoms with E-state index in [1.165, 1.54) is 12.1 Å². The molecule has 6 nitrogen and oxygen atoms in total. The number of carbonyl (C=O) groups excluding carboxylic acids is 2. The van der Waals surface area contributed by atoms with Crippen LogP contribution < -0.4 is 10.6 Å². The zero-order valence-corrected chi connectivity index (χ0v) is 16.2. The van der Waals surface area contributed by atoms with Crippen molar-refractivity contribution in [1.82, 2.24) is 4.98 Å². The summed E-state index contributed by atoms with van der Waals surface area (Å²) in [6.07, 6.45) is -0.661. The normalized spacial score (nSPS) is 10.4. The number of carbonyl (C=O) groups is 2. The van der Waals surface area contributed by atoms with Gasteiger partial charge in [0.15, 0.2) is 5.13 Å². The number of nitrogens with one attached hydrogen (secondary N) is 2. The molecule has 2 aromatic carbocycles. The maximum Gasteiger partial charge on any atom is 0.413 e. The fourth-order valence-electron chi connectivity index (χ4n) is 2.38. The first-order valence-electron chi connectivity index (χ1n) is 8.25. The molecule has 0 radical (unpaired) electrons. The highest BCUT2D eigenvalue weighted by atomic mass is 35.5. The van der Waals surface area contributed by atoms with Gasteiger partial charge >= 0.3 is 6.09 Å². The van der Waals surface area contributed by atoms with E-state index in [1.807, 2.05) is 18.2 Å². The van der Waals surface area contributed by atoms with Crippen LogP contribution >= 0.6 is 22.9 Å². The number of aromatic nitrogens is 1. The number of ether oxygens (including phenoxy) is 1. The third-order valence-corrected chi connectivity index (χ3v) is 4.78. The van der Waals surface area contributed by atoms with Crippen LogP contribution in [-0.2, 0) is 4.74 Å². The second-order valence-electron chi connectivity index (χ2n) is 5.46. The molecule has 0 fully saturated rings. The molecule has 1 heterocycles. The summed E-state index contributed by atoms with van der Waals surface area (Å²) in [5.74, 6) is -1.45. The van der Waals surface area contributed by atoms with Crippen LogP contribution in [0.1, 0.15) is 17.3 Å². The zero-order valence-electron chi connectivity index (χ0n) is 14.7. The van der Waals surface area contributed by atoms with Gasteiger partial charge in [-0.1, -0.05) is 59.3 Å². The number of amides is 2. The maximum absolute atomic E-state index is 14.1. The third-order valence-electron chi connectivity index (χ3n) is 3.58. The Morgan fingerprint density at radius 2 is 1.89 bits per heavy atom. The minimum absolute atomic E-state index is 0.00634. The van der Waals surface area contributed by atoms with Gasteiger partial charge in [0.2, 0.25) is 0 Å². The van der Waals surface area contributed by atoms with Crippen LogP contribution in [0, 0.1) is 5.82 Å². The average molecular weight is 420 g/mol. The first-order valence-corrected chi connectivity index (χ1v) is 9.44. The van der Waals surface area contributed by atoms with E-state index in [1.54, 1.807) is 19.1 Å². The lowest BCUT2D eigenvalue weighted by Crippen LogP contribution is -2.14. The Hall–Kier alpha value is -2.97. The van der Waals surface area contributed by atoms with Gasteiger partial charge in [-0.3, -0.25) is 10.1 Å². The number of hydrogen-bond acceptors (Lipinski definition) is 5. The Bertz CT molecular complexity index is 991. The minimum atomic E-state index is -0.736. The highest BCUT2D eigenvalue weighted by molar-refractivity contribution is 7.20. The van der Waals surface area contributed by atoms with Gasteiger partial charge in [0, 0.05) is 5.56 Å². The Morgan fingerprint density at radius 1 is 1.14 bits per heavy atom. The van der Waals surface area contributed by atoms with Crippen LogP contribution in [0.3, 0.4) is 0 Å². The van der Waals surface area contributed by atoms with Crippen LogP contribution in [0.2, 0.25) is 5.02 Å². The SMILES string of the molecule is CCOC(=O)Nc1nc(-c2ccccc2)c(NC(=O)c2c(F)cccc2Cl)s1. The van der Waals surface area contributed by atoms with Crippen LogP contribution in [0.25, 0.3) is 11.3 Å². The fourth-order valence-corrected chi connectivity index (χ4v) is 3.50. The van der Waals surface area contributed by atoms with Crippen molar-refractivity contribution in [2.45, 2.75) is 6.92 Å². The van der Waals surface area contributed by atoms with E-state index in [-0.39, 0.29) is 22.3 Å². The number of halogens is 2. The highest BCUT2D eigenvalue weighted by Gasteiger charge is 2.21. The predicted octanol–water partition coefficient (Wildman–Crippen LogP) is 5.42. The van der Waals surface area contributed by atoms with Crippen molar-refractivity contribution >= 4 is 45.1 Å². The summed E-state index contributed by atoms with van der Waals surface area (Å²) >= 11 is 6.99. The molecular formula is C19H15ClFN3O3S. The molecule has 3 rings (SSSR count). The molecule has 0 atom stereocenters. The van der Waals surface area contributed by atoms with Crippen molar-refractivity contribution in [1.29, 1.82) is 0 Å². The van der Waals surface area contributed by atoms with Gasteiger partial charge in [-0.2, -0.15) is 0 Å². The fraction of sp³-hybridized carbons (Fsp3) is 0.105. The molecule has 2 amide bonds. The van der Waals surface area contributed by atoms with Gasteiger partial charge in [0.05, 0.1) is 17.2 Å². The molecule has 0 bridgehead atoms. The van der Waals surface area contributed by atoms with Crippen molar-refractivity contribution in [3.05, 3.63) is 64.9 Å². The van der Waals surface area contributed by atoms with E-state index in [4.69, 9.17) is 16.3 Å². The Kier molecular flexibility index (Phi) is 6.23. The molecule has 144 valence electrons. The standard InChI is InChI=1S/C19H15ClFN3O3S/c1-2-27-19(26)24-18-22-15(11-7-4-3-5-8-11)17(28-18)23-16(25)14-12(20)9-6-10-13(14)21/h3-10H,2H2,1H3,(H,23,25)(H,22,24,26). The molecule has 0 unspecified atom stereocenters. The second-order valence-corrected chi connectivity index (χ2v) is 6.87. The van der Waals surface area contributed by atoms with Crippen molar-refractivity contribution in [3.8, 4) is 11.3 Å². The van der Waals surface area contributed by atoms with E-state index < -0.39 is 17.8 Å². The van der Waals surface area contributed by atoms with Crippen LogP contribution in [0.15, 0.2) is 48.5 Å². The monoisotopic (exact) mass is 419 g/mol. The first kappa shape index (κ1) is 19.8. The average Bonchev–Trinajstić information content (AvgIpc) is 3.04. The summed E-state index contributed by atoms with van der Waals surface area (Å²) in [5, 5.41) is 5.70. The Morgan fingerprint density at radius 3 is 2.57 bits per heavy atom. The molecule has 1 aromatic heterocycles. The molecule has 0 aliphatic carbocycles. The van der Waals surface area contributed by atoms with E-state index >= 15 is 0 Å². The van der Waals surface area contributed by atoms with Crippen molar-refractivity contribution in [2.75, 3.05) is 17.2 Å². The lowest BCUT2D eigenvalue weighted by molar-refractivity contribution is 0.102. The molecule has 0 spiro atoms. The Labute approximate surface area is 169 Å². The lowest BCUT2D eigenvalue weighted by Gasteiger charge is -2.07. The lowest BCUT2D eigenvalue weighted by atomic mass is 10.1. The number of rotatable bonds is 5. The molecule has 0 saturated heterocycles. The molecule has 9 heteroatoms. The summed E-state index contributed by atoms with van der Waals surface area (Å²) in [5.41, 5.74) is 0.875. The molecule has 0 aliphatic heterocycles. The maximum atomic E-state index is 14.1. The van der Waals surface area contributed by atoms with Gasteiger partial charge in [0.25, 0.3) is 5.91 Å². The summed E-state index contributed by atoms with van der Waals surface area (Å²) in [7, 11) is 0. The largest absolute Gasteiger partial charge is 0.450 e. The Balaban J connectivity index is 1.95. The first-order chi connectivity index (χ1) is 13.5. The van der Waals surface area contributed by atoms with Crippen molar-refractivity contribution in [3.63, 3.8) is 0 Å². The van der Waals surface area contributed by atoms with E-state index in [2.05, 4.69) is 15.6 Å². The van der Waals surface area contributed by atoms with Crippen LogP contribution in [0.5, 0.6) is 0 Å². The molecule has 2 N–H and O–H groups in total.